The third-order valence-electron chi connectivity index (χ3n) is 3.76. The molecule has 1 nitrogen and oxygen atoms in total. The van der Waals surface area contributed by atoms with Crippen molar-refractivity contribution in [2.75, 3.05) is 13.2 Å². The molecule has 2 heterocycles. The largest absolute Gasteiger partial charge is 0.377 e. The van der Waals surface area contributed by atoms with Crippen LogP contribution in [-0.2, 0) is 4.74 Å². The van der Waals surface area contributed by atoms with Gasteiger partial charge in [0.25, 0.3) is 0 Å². The summed E-state index contributed by atoms with van der Waals surface area (Å²) < 4.78 is 5.36. The monoisotopic (exact) mass is 284 g/mol. The van der Waals surface area contributed by atoms with E-state index in [1.807, 2.05) is 6.07 Å². The van der Waals surface area contributed by atoms with Gasteiger partial charge in [0, 0.05) is 4.88 Å². The molecule has 2 atom stereocenters. The van der Waals surface area contributed by atoms with E-state index in [9.17, 15) is 0 Å². The minimum absolute atomic E-state index is 0.570. The van der Waals surface area contributed by atoms with Crippen molar-refractivity contribution in [1.29, 1.82) is 0 Å². The van der Waals surface area contributed by atoms with Crippen molar-refractivity contribution in [2.45, 2.75) is 39.0 Å². The standard InChI is InChI=1S/C15H21ClOS/c1-11(13-5-8-17-9-6-13)3-4-12(2)15-14(16)7-10-18-15/h5,7,10-12H,3-4,6,8-9H2,1-2H3. The molecule has 0 aliphatic carbocycles. The highest BCUT2D eigenvalue weighted by Crippen LogP contribution is 2.34. The van der Waals surface area contributed by atoms with Crippen LogP contribution in [0.2, 0.25) is 5.02 Å². The minimum Gasteiger partial charge on any atom is -0.377 e. The number of halogens is 1. The average Bonchev–Trinajstić information content (AvgIpc) is 2.83. The Hall–Kier alpha value is -0.310. The summed E-state index contributed by atoms with van der Waals surface area (Å²) in [4.78, 5) is 1.34. The SMILES string of the molecule is CC(CCC(C)c1sccc1Cl)C1=CCOCC1. The second-order valence-electron chi connectivity index (χ2n) is 5.12. The van der Waals surface area contributed by atoms with Crippen LogP contribution in [0.5, 0.6) is 0 Å². The second-order valence-corrected chi connectivity index (χ2v) is 6.47. The maximum absolute atomic E-state index is 6.18. The summed E-state index contributed by atoms with van der Waals surface area (Å²) in [6.45, 7) is 6.30. The van der Waals surface area contributed by atoms with E-state index in [4.69, 9.17) is 16.3 Å². The Bertz CT molecular complexity index is 410. The smallest absolute Gasteiger partial charge is 0.0650 e. The van der Waals surface area contributed by atoms with E-state index in [0.717, 1.165) is 24.7 Å². The topological polar surface area (TPSA) is 9.23 Å². The Labute approximate surface area is 119 Å². The molecule has 0 saturated carbocycles. The molecule has 1 aliphatic heterocycles. The van der Waals surface area contributed by atoms with Gasteiger partial charge >= 0.3 is 0 Å². The molecule has 1 aromatic rings. The van der Waals surface area contributed by atoms with Crippen LogP contribution in [0.3, 0.4) is 0 Å². The Balaban J connectivity index is 1.84. The van der Waals surface area contributed by atoms with Crippen molar-refractivity contribution < 1.29 is 4.74 Å². The van der Waals surface area contributed by atoms with Gasteiger partial charge in [-0.05, 0) is 42.5 Å². The predicted molar refractivity (Wildman–Crippen MR) is 79.7 cm³/mol. The zero-order chi connectivity index (χ0) is 13.0. The quantitative estimate of drug-likeness (QED) is 0.670. The molecular formula is C15H21ClOS. The molecule has 18 heavy (non-hydrogen) atoms. The van der Waals surface area contributed by atoms with Crippen molar-refractivity contribution >= 4 is 22.9 Å². The Morgan fingerprint density at radius 2 is 2.11 bits per heavy atom. The fraction of sp³-hybridized carbons (Fsp3) is 0.600. The Morgan fingerprint density at radius 3 is 2.72 bits per heavy atom. The summed E-state index contributed by atoms with van der Waals surface area (Å²) in [6, 6.07) is 2.00. The van der Waals surface area contributed by atoms with Crippen molar-refractivity contribution in [2.24, 2.45) is 5.92 Å². The van der Waals surface area contributed by atoms with Gasteiger partial charge in [-0.2, -0.15) is 0 Å². The van der Waals surface area contributed by atoms with Crippen LogP contribution < -0.4 is 0 Å². The molecule has 2 rings (SSSR count). The lowest BCUT2D eigenvalue weighted by atomic mass is 9.89. The van der Waals surface area contributed by atoms with Gasteiger partial charge in [0.1, 0.15) is 0 Å². The van der Waals surface area contributed by atoms with Gasteiger partial charge in [0.05, 0.1) is 18.2 Å². The van der Waals surface area contributed by atoms with Crippen LogP contribution in [0, 0.1) is 5.92 Å². The zero-order valence-electron chi connectivity index (χ0n) is 11.1. The molecule has 0 radical (unpaired) electrons. The fourth-order valence-electron chi connectivity index (χ4n) is 2.46. The summed E-state index contributed by atoms with van der Waals surface area (Å²) in [6.07, 6.45) is 5.81. The van der Waals surface area contributed by atoms with Crippen molar-refractivity contribution in [3.05, 3.63) is 33.0 Å². The van der Waals surface area contributed by atoms with Crippen LogP contribution in [0.25, 0.3) is 0 Å². The lowest BCUT2D eigenvalue weighted by Crippen LogP contribution is -2.11. The average molecular weight is 285 g/mol. The summed E-state index contributed by atoms with van der Waals surface area (Å²) in [5.74, 6) is 1.25. The molecule has 3 heteroatoms. The van der Waals surface area contributed by atoms with Gasteiger partial charge in [-0.15, -0.1) is 11.3 Å². The Kier molecular flexibility index (Phi) is 5.28. The molecule has 1 aromatic heterocycles. The molecule has 2 unspecified atom stereocenters. The lowest BCUT2D eigenvalue weighted by molar-refractivity contribution is 0.150. The van der Waals surface area contributed by atoms with E-state index in [2.05, 4.69) is 25.3 Å². The van der Waals surface area contributed by atoms with E-state index in [0.29, 0.717) is 11.8 Å². The molecule has 0 N–H and O–H groups in total. The Morgan fingerprint density at radius 1 is 1.33 bits per heavy atom. The van der Waals surface area contributed by atoms with E-state index >= 15 is 0 Å². The van der Waals surface area contributed by atoms with Gasteiger partial charge in [0.15, 0.2) is 0 Å². The zero-order valence-corrected chi connectivity index (χ0v) is 12.7. The summed E-state index contributed by atoms with van der Waals surface area (Å²) in [5.41, 5.74) is 1.57. The predicted octanol–water partition coefficient (Wildman–Crippen LogP) is 5.27. The highest BCUT2D eigenvalue weighted by Gasteiger charge is 2.16. The molecule has 0 fully saturated rings. The molecular weight excluding hydrogens is 264 g/mol. The third kappa shape index (κ3) is 3.59. The molecule has 0 aromatic carbocycles. The molecule has 100 valence electrons. The molecule has 0 spiro atoms. The maximum Gasteiger partial charge on any atom is 0.0650 e. The van der Waals surface area contributed by atoms with Gasteiger partial charge in [0.2, 0.25) is 0 Å². The highest BCUT2D eigenvalue weighted by molar-refractivity contribution is 7.10. The maximum atomic E-state index is 6.18. The van der Waals surface area contributed by atoms with Crippen molar-refractivity contribution in [1.82, 2.24) is 0 Å². The molecule has 0 bridgehead atoms. The molecule has 0 amide bonds. The van der Waals surface area contributed by atoms with E-state index < -0.39 is 0 Å². The number of hydrogen-bond donors (Lipinski definition) is 0. The van der Waals surface area contributed by atoms with Crippen LogP contribution in [0.4, 0.5) is 0 Å². The molecule has 0 saturated heterocycles. The van der Waals surface area contributed by atoms with E-state index in [1.165, 1.54) is 17.7 Å². The third-order valence-corrected chi connectivity index (χ3v) is 5.35. The van der Waals surface area contributed by atoms with Crippen LogP contribution in [0.15, 0.2) is 23.1 Å². The lowest BCUT2D eigenvalue weighted by Gasteiger charge is -2.21. The summed E-state index contributed by atoms with van der Waals surface area (Å²) in [5, 5.41) is 3.02. The van der Waals surface area contributed by atoms with Crippen LogP contribution >= 0.6 is 22.9 Å². The molecule has 1 aliphatic rings. The van der Waals surface area contributed by atoms with Crippen molar-refractivity contribution in [3.63, 3.8) is 0 Å². The first-order valence-corrected chi connectivity index (χ1v) is 7.93. The van der Waals surface area contributed by atoms with Gasteiger partial charge in [-0.1, -0.05) is 37.1 Å². The summed E-state index contributed by atoms with van der Waals surface area (Å²) >= 11 is 7.96. The normalized spacial score (nSPS) is 19.4. The highest BCUT2D eigenvalue weighted by atomic mass is 35.5. The van der Waals surface area contributed by atoms with Gasteiger partial charge in [-0.3, -0.25) is 0 Å². The van der Waals surface area contributed by atoms with Crippen LogP contribution in [0.1, 0.15) is 43.9 Å². The minimum atomic E-state index is 0.570. The number of ether oxygens (including phenoxy) is 1. The van der Waals surface area contributed by atoms with Gasteiger partial charge in [-0.25, -0.2) is 0 Å². The second kappa shape index (κ2) is 6.74. The number of rotatable bonds is 5. The fourth-order valence-corrected chi connectivity index (χ4v) is 3.80. The first kappa shape index (κ1) is 14.1. The van der Waals surface area contributed by atoms with Crippen LogP contribution in [-0.4, -0.2) is 13.2 Å². The number of hydrogen-bond acceptors (Lipinski definition) is 2. The van der Waals surface area contributed by atoms with E-state index in [1.54, 1.807) is 16.9 Å². The van der Waals surface area contributed by atoms with E-state index in [-0.39, 0.29) is 0 Å². The van der Waals surface area contributed by atoms with Crippen molar-refractivity contribution in [3.8, 4) is 0 Å². The first-order chi connectivity index (χ1) is 8.68. The first-order valence-electron chi connectivity index (χ1n) is 6.68. The van der Waals surface area contributed by atoms with Gasteiger partial charge < -0.3 is 4.74 Å². The number of thiophene rings is 1. The summed E-state index contributed by atoms with van der Waals surface area (Å²) in [7, 11) is 0.